The summed E-state index contributed by atoms with van der Waals surface area (Å²) >= 11 is 3.97. The van der Waals surface area contributed by atoms with Crippen LogP contribution in [0.4, 0.5) is 0 Å². The maximum atomic E-state index is 13.3. The Labute approximate surface area is 224 Å². The summed E-state index contributed by atoms with van der Waals surface area (Å²) in [5.74, 6) is -3.82. The van der Waals surface area contributed by atoms with Gasteiger partial charge in [0.15, 0.2) is 5.96 Å². The standard InChI is InChI=1S/C23H34N8O6S/c24-14(10-32)19(33)29-16(6-3-7-27-23(25)26)20(34)30-17(21(35)31-18(11-38)22(36)37)8-12-9-28-15-5-2-1-4-13(12)15/h1-2,4-5,9,14,16-18,28,32,38H,3,6-8,10-11,24H2,(H,29,33)(H,30,34)(H,31,35)(H,36,37)(H4,25,26,27). The van der Waals surface area contributed by atoms with Crippen LogP contribution in [0.2, 0.25) is 0 Å². The number of para-hydroxylation sites is 1. The van der Waals surface area contributed by atoms with Gasteiger partial charge in [0, 0.05) is 35.8 Å². The third-order valence-corrected chi connectivity index (χ3v) is 6.01. The molecule has 0 aliphatic carbocycles. The number of aliphatic imine (C=N–C) groups is 1. The predicted molar refractivity (Wildman–Crippen MR) is 144 cm³/mol. The maximum Gasteiger partial charge on any atom is 0.327 e. The minimum absolute atomic E-state index is 0.0192. The van der Waals surface area contributed by atoms with Gasteiger partial charge >= 0.3 is 5.97 Å². The second-order valence-electron chi connectivity index (χ2n) is 8.51. The summed E-state index contributed by atoms with van der Waals surface area (Å²) in [5, 5.41) is 26.8. The largest absolute Gasteiger partial charge is 0.480 e. The number of nitrogens with two attached hydrogens (primary N) is 3. The summed E-state index contributed by atoms with van der Waals surface area (Å²) in [6, 6.07) is 2.45. The van der Waals surface area contributed by atoms with E-state index in [2.05, 4.69) is 38.6 Å². The number of carboxylic acid groups (broad SMARTS) is 1. The normalized spacial score (nSPS) is 14.1. The number of rotatable bonds is 15. The highest BCUT2D eigenvalue weighted by molar-refractivity contribution is 7.80. The second-order valence-corrected chi connectivity index (χ2v) is 8.87. The molecular formula is C23H34N8O6S. The smallest absolute Gasteiger partial charge is 0.327 e. The van der Waals surface area contributed by atoms with Crippen LogP contribution in [0.3, 0.4) is 0 Å². The molecule has 14 nitrogen and oxygen atoms in total. The van der Waals surface area contributed by atoms with Crippen molar-refractivity contribution in [3.63, 3.8) is 0 Å². The molecule has 0 spiro atoms. The zero-order chi connectivity index (χ0) is 28.2. The van der Waals surface area contributed by atoms with E-state index >= 15 is 0 Å². The molecule has 2 aromatic rings. The van der Waals surface area contributed by atoms with E-state index in [1.807, 2.05) is 24.3 Å². The van der Waals surface area contributed by atoms with Crippen LogP contribution in [-0.4, -0.2) is 87.9 Å². The highest BCUT2D eigenvalue weighted by Crippen LogP contribution is 2.19. The molecule has 1 aromatic carbocycles. The lowest BCUT2D eigenvalue weighted by molar-refractivity contribution is -0.141. The number of guanidine groups is 1. The molecule has 1 aromatic heterocycles. The maximum absolute atomic E-state index is 13.3. The van der Waals surface area contributed by atoms with Crippen LogP contribution < -0.4 is 33.2 Å². The second kappa shape index (κ2) is 14.8. The van der Waals surface area contributed by atoms with Gasteiger partial charge in [0.25, 0.3) is 0 Å². The zero-order valence-electron chi connectivity index (χ0n) is 20.6. The van der Waals surface area contributed by atoms with E-state index in [-0.39, 0.29) is 31.1 Å². The molecular weight excluding hydrogens is 516 g/mol. The Morgan fingerprint density at radius 1 is 1.00 bits per heavy atom. The Morgan fingerprint density at radius 2 is 1.63 bits per heavy atom. The number of nitrogens with zero attached hydrogens (tertiary/aromatic N) is 1. The average molecular weight is 551 g/mol. The van der Waals surface area contributed by atoms with Gasteiger partial charge in [-0.05, 0) is 24.5 Å². The topological polar surface area (TPSA) is 251 Å². The first kappa shape index (κ1) is 30.4. The van der Waals surface area contributed by atoms with Crippen molar-refractivity contribution in [3.05, 3.63) is 36.0 Å². The molecule has 15 heteroatoms. The fourth-order valence-corrected chi connectivity index (χ4v) is 3.84. The summed E-state index contributed by atoms with van der Waals surface area (Å²) in [5.41, 5.74) is 17.7. The number of carboxylic acids is 1. The molecule has 0 bridgehead atoms. The summed E-state index contributed by atoms with van der Waals surface area (Å²) < 4.78 is 0. The van der Waals surface area contributed by atoms with Crippen molar-refractivity contribution in [3.8, 4) is 0 Å². The van der Waals surface area contributed by atoms with Gasteiger partial charge in [-0.15, -0.1) is 0 Å². The highest BCUT2D eigenvalue weighted by Gasteiger charge is 2.30. The van der Waals surface area contributed by atoms with Gasteiger partial charge in [0.2, 0.25) is 17.7 Å². The Balaban J connectivity index is 2.29. The van der Waals surface area contributed by atoms with Gasteiger partial charge in [-0.2, -0.15) is 12.6 Å². The molecule has 0 aliphatic rings. The quantitative estimate of drug-likeness (QED) is 0.0488. The van der Waals surface area contributed by atoms with E-state index in [4.69, 9.17) is 17.2 Å². The Bertz CT molecular complexity index is 1150. The van der Waals surface area contributed by atoms with Gasteiger partial charge in [-0.1, -0.05) is 18.2 Å². The molecule has 0 radical (unpaired) electrons. The Morgan fingerprint density at radius 3 is 2.26 bits per heavy atom. The molecule has 38 heavy (non-hydrogen) atoms. The third-order valence-electron chi connectivity index (χ3n) is 5.64. The number of aliphatic hydroxyl groups excluding tert-OH is 1. The molecule has 0 saturated heterocycles. The van der Waals surface area contributed by atoms with Gasteiger partial charge in [0.1, 0.15) is 24.2 Å². The first-order valence-electron chi connectivity index (χ1n) is 11.8. The van der Waals surface area contributed by atoms with Crippen molar-refractivity contribution in [1.82, 2.24) is 20.9 Å². The first-order valence-corrected chi connectivity index (χ1v) is 12.4. The van der Waals surface area contributed by atoms with E-state index in [1.54, 1.807) is 6.20 Å². The minimum Gasteiger partial charge on any atom is -0.480 e. The number of aliphatic hydroxyl groups is 1. The molecule has 0 aliphatic heterocycles. The number of hydrogen-bond donors (Lipinski definition) is 10. The number of carbonyl (C=O) groups excluding carboxylic acids is 3. The Kier molecular flexibility index (Phi) is 11.8. The zero-order valence-corrected chi connectivity index (χ0v) is 21.5. The summed E-state index contributed by atoms with van der Waals surface area (Å²) in [7, 11) is 0. The van der Waals surface area contributed by atoms with Crippen LogP contribution in [0, 0.1) is 0 Å². The molecule has 1 heterocycles. The number of nitrogens with one attached hydrogen (secondary N) is 4. The van der Waals surface area contributed by atoms with E-state index in [9.17, 15) is 29.4 Å². The van der Waals surface area contributed by atoms with Crippen LogP contribution in [0.5, 0.6) is 0 Å². The fraction of sp³-hybridized carbons (Fsp3) is 0.435. The van der Waals surface area contributed by atoms with Crippen molar-refractivity contribution in [2.45, 2.75) is 43.4 Å². The number of aromatic nitrogens is 1. The van der Waals surface area contributed by atoms with Crippen molar-refractivity contribution >= 4 is 53.2 Å². The number of carbonyl (C=O) groups is 4. The van der Waals surface area contributed by atoms with Crippen molar-refractivity contribution in [2.75, 3.05) is 18.9 Å². The third kappa shape index (κ3) is 8.93. The van der Waals surface area contributed by atoms with Crippen molar-refractivity contribution in [1.29, 1.82) is 0 Å². The van der Waals surface area contributed by atoms with E-state index < -0.39 is 54.5 Å². The molecule has 208 valence electrons. The van der Waals surface area contributed by atoms with Gasteiger partial charge in [-0.25, -0.2) is 4.79 Å². The van der Waals surface area contributed by atoms with Crippen LogP contribution in [0.15, 0.2) is 35.5 Å². The fourth-order valence-electron chi connectivity index (χ4n) is 3.59. The number of hydrogen-bond acceptors (Lipinski definition) is 8. The van der Waals surface area contributed by atoms with Crippen LogP contribution in [0.25, 0.3) is 10.9 Å². The SMILES string of the molecule is NC(N)=NCCCC(NC(=O)C(N)CO)C(=O)NC(Cc1c[nH]c2ccccc12)C(=O)NC(CS)C(=O)O. The molecule has 12 N–H and O–H groups in total. The molecule has 4 unspecified atom stereocenters. The summed E-state index contributed by atoms with van der Waals surface area (Å²) in [6.45, 7) is -0.463. The van der Waals surface area contributed by atoms with Crippen LogP contribution in [0.1, 0.15) is 18.4 Å². The molecule has 0 saturated carbocycles. The molecule has 0 fully saturated rings. The summed E-state index contributed by atoms with van der Waals surface area (Å²) in [4.78, 5) is 57.1. The van der Waals surface area contributed by atoms with E-state index in [0.717, 1.165) is 10.9 Å². The first-order chi connectivity index (χ1) is 18.1. The minimum atomic E-state index is -1.29. The number of aromatic amines is 1. The predicted octanol–water partition coefficient (Wildman–Crippen LogP) is -2.45. The average Bonchev–Trinajstić information content (AvgIpc) is 3.30. The lowest BCUT2D eigenvalue weighted by Crippen LogP contribution is -2.58. The lowest BCUT2D eigenvalue weighted by atomic mass is 10.0. The van der Waals surface area contributed by atoms with E-state index in [0.29, 0.717) is 12.0 Å². The lowest BCUT2D eigenvalue weighted by Gasteiger charge is -2.25. The van der Waals surface area contributed by atoms with Gasteiger partial charge in [-0.3, -0.25) is 19.4 Å². The Hall–Kier alpha value is -3.82. The van der Waals surface area contributed by atoms with Crippen molar-refractivity contribution < 1.29 is 29.4 Å². The van der Waals surface area contributed by atoms with Gasteiger partial charge < -0.3 is 48.3 Å². The van der Waals surface area contributed by atoms with Crippen LogP contribution in [-0.2, 0) is 25.6 Å². The molecule has 3 amide bonds. The van der Waals surface area contributed by atoms with E-state index in [1.165, 1.54) is 0 Å². The monoisotopic (exact) mass is 550 g/mol. The van der Waals surface area contributed by atoms with Gasteiger partial charge in [0.05, 0.1) is 6.61 Å². The number of amides is 3. The summed E-state index contributed by atoms with van der Waals surface area (Å²) in [6.07, 6.45) is 2.09. The van der Waals surface area contributed by atoms with Crippen LogP contribution >= 0.6 is 12.6 Å². The molecule has 4 atom stereocenters. The molecule has 2 rings (SSSR count). The number of fused-ring (bicyclic) bond motifs is 1. The number of aliphatic carboxylic acids is 1. The highest BCUT2D eigenvalue weighted by atomic mass is 32.1. The number of thiol groups is 1. The number of H-pyrrole nitrogens is 1. The van der Waals surface area contributed by atoms with Crippen molar-refractivity contribution in [2.24, 2.45) is 22.2 Å². The number of benzene rings is 1.